The quantitative estimate of drug-likeness (QED) is 0.572. The predicted octanol–water partition coefficient (Wildman–Crippen LogP) is 1.24. The van der Waals surface area contributed by atoms with Crippen LogP contribution in [0.25, 0.3) is 0 Å². The molecule has 1 aromatic rings. The third-order valence-corrected chi connectivity index (χ3v) is 0.566. The molecule has 8 heavy (non-hydrogen) atoms. The van der Waals surface area contributed by atoms with Crippen LogP contribution in [0.3, 0.4) is 0 Å². The summed E-state index contributed by atoms with van der Waals surface area (Å²) < 4.78 is 0. The molecule has 1 aromatic heterocycles. The van der Waals surface area contributed by atoms with Crippen LogP contribution in [0.5, 0.6) is 0 Å². The van der Waals surface area contributed by atoms with Gasteiger partial charge in [-0.25, -0.2) is 0 Å². The van der Waals surface area contributed by atoms with E-state index < -0.39 is 0 Å². The molecular formula is C5H8N2Ni. The summed E-state index contributed by atoms with van der Waals surface area (Å²) in [4.78, 5) is 3.78. The fourth-order valence-electron chi connectivity index (χ4n) is 0.313. The van der Waals surface area contributed by atoms with Crippen LogP contribution in [0.2, 0.25) is 0 Å². The largest absolute Gasteiger partial charge is 0.344 e. The van der Waals surface area contributed by atoms with Crippen molar-refractivity contribution in [3.05, 3.63) is 30.6 Å². The van der Waals surface area contributed by atoms with Crippen LogP contribution in [-0.4, -0.2) is 4.98 Å². The first kappa shape index (κ1) is 10.6. The van der Waals surface area contributed by atoms with Crippen molar-refractivity contribution in [3.8, 4) is 0 Å². The van der Waals surface area contributed by atoms with Gasteiger partial charge in [0, 0.05) is 28.9 Å². The number of hydrogen-bond acceptors (Lipinski definition) is 2. The normalized spacial score (nSPS) is 6.00. The Balaban J connectivity index is 0. The molecule has 0 aliphatic heterocycles. The fraction of sp³-hybridized carbons (Fsp3) is 0. The molecule has 3 N–H and O–H groups in total. The maximum Gasteiger partial charge on any atom is 0.0267 e. The summed E-state index contributed by atoms with van der Waals surface area (Å²) in [6.07, 6.45) is 3.50. The Kier molecular flexibility index (Phi) is 8.72. The summed E-state index contributed by atoms with van der Waals surface area (Å²) >= 11 is 0. The molecule has 1 heterocycles. The van der Waals surface area contributed by atoms with Crippen LogP contribution in [0.1, 0.15) is 0 Å². The molecule has 0 saturated carbocycles. The molecule has 0 aromatic carbocycles. The molecule has 0 bridgehead atoms. The third-order valence-electron chi connectivity index (χ3n) is 0.566. The SMILES string of the molecule is N.[Ni].c1ccncc1. The minimum atomic E-state index is 0. The van der Waals surface area contributed by atoms with Crippen LogP contribution >= 0.6 is 0 Å². The first-order valence-electron chi connectivity index (χ1n) is 1.85. The van der Waals surface area contributed by atoms with Crippen molar-refractivity contribution in [1.82, 2.24) is 11.1 Å². The Bertz CT molecular complexity index is 82.4. The molecule has 0 saturated heterocycles. The van der Waals surface area contributed by atoms with Gasteiger partial charge in [0.15, 0.2) is 0 Å². The summed E-state index contributed by atoms with van der Waals surface area (Å²) in [6, 6.07) is 5.72. The maximum atomic E-state index is 3.78. The summed E-state index contributed by atoms with van der Waals surface area (Å²) in [5.41, 5.74) is 0. The van der Waals surface area contributed by atoms with E-state index in [2.05, 4.69) is 4.98 Å². The third kappa shape index (κ3) is 3.78. The van der Waals surface area contributed by atoms with Gasteiger partial charge in [-0.2, -0.15) is 0 Å². The van der Waals surface area contributed by atoms with Gasteiger partial charge in [-0.1, -0.05) is 6.07 Å². The van der Waals surface area contributed by atoms with Crippen LogP contribution in [-0.2, 0) is 16.5 Å². The predicted molar refractivity (Wildman–Crippen MR) is 29.3 cm³/mol. The number of nitrogens with zero attached hydrogens (tertiary/aromatic N) is 1. The van der Waals surface area contributed by atoms with E-state index in [-0.39, 0.29) is 22.6 Å². The van der Waals surface area contributed by atoms with Crippen molar-refractivity contribution < 1.29 is 16.5 Å². The molecule has 0 fully saturated rings. The molecule has 0 aliphatic rings. The molecule has 48 valence electrons. The Morgan fingerprint density at radius 1 is 0.875 bits per heavy atom. The first-order valence-corrected chi connectivity index (χ1v) is 1.85. The zero-order chi connectivity index (χ0) is 4.24. The van der Waals surface area contributed by atoms with E-state index in [1.807, 2.05) is 18.2 Å². The van der Waals surface area contributed by atoms with E-state index in [0.29, 0.717) is 0 Å². The van der Waals surface area contributed by atoms with Gasteiger partial charge < -0.3 is 6.15 Å². The van der Waals surface area contributed by atoms with Crippen molar-refractivity contribution in [2.75, 3.05) is 0 Å². The van der Waals surface area contributed by atoms with Gasteiger partial charge in [0.25, 0.3) is 0 Å². The van der Waals surface area contributed by atoms with Crippen molar-refractivity contribution in [2.45, 2.75) is 0 Å². The van der Waals surface area contributed by atoms with Crippen LogP contribution < -0.4 is 6.15 Å². The van der Waals surface area contributed by atoms with E-state index >= 15 is 0 Å². The average Bonchev–Trinajstić information content (AvgIpc) is 1.72. The molecule has 3 heteroatoms. The molecule has 0 aliphatic carbocycles. The van der Waals surface area contributed by atoms with Gasteiger partial charge in [-0.15, -0.1) is 0 Å². The van der Waals surface area contributed by atoms with Crippen molar-refractivity contribution >= 4 is 0 Å². The second kappa shape index (κ2) is 6.60. The second-order valence-corrected chi connectivity index (χ2v) is 1.02. The minimum absolute atomic E-state index is 0. The summed E-state index contributed by atoms with van der Waals surface area (Å²) in [7, 11) is 0. The van der Waals surface area contributed by atoms with Crippen molar-refractivity contribution in [2.24, 2.45) is 0 Å². The molecule has 0 amide bonds. The standard InChI is InChI=1S/C5H5N.H3N.Ni/c1-2-4-6-5-3-1;;/h1-5H;1H3;. The van der Waals surface area contributed by atoms with Gasteiger partial charge in [-0.05, 0) is 12.1 Å². The Morgan fingerprint density at radius 2 is 1.38 bits per heavy atom. The molecule has 0 spiro atoms. The summed E-state index contributed by atoms with van der Waals surface area (Å²) in [6.45, 7) is 0. The summed E-state index contributed by atoms with van der Waals surface area (Å²) in [5, 5.41) is 0. The monoisotopic (exact) mass is 154 g/mol. The van der Waals surface area contributed by atoms with E-state index in [1.165, 1.54) is 0 Å². The molecule has 2 nitrogen and oxygen atoms in total. The Labute approximate surface area is 58.8 Å². The van der Waals surface area contributed by atoms with Gasteiger partial charge in [0.05, 0.1) is 0 Å². The van der Waals surface area contributed by atoms with E-state index in [1.54, 1.807) is 12.4 Å². The molecule has 0 unspecified atom stereocenters. The fourth-order valence-corrected chi connectivity index (χ4v) is 0.313. The Hall–Kier alpha value is -0.396. The zero-order valence-electron chi connectivity index (χ0n) is 4.36. The molecular weight excluding hydrogens is 147 g/mol. The van der Waals surface area contributed by atoms with E-state index in [9.17, 15) is 0 Å². The average molecular weight is 155 g/mol. The minimum Gasteiger partial charge on any atom is -0.344 e. The summed E-state index contributed by atoms with van der Waals surface area (Å²) in [5.74, 6) is 0. The second-order valence-electron chi connectivity index (χ2n) is 1.02. The first-order chi connectivity index (χ1) is 3.00. The smallest absolute Gasteiger partial charge is 0.0267 e. The van der Waals surface area contributed by atoms with Crippen molar-refractivity contribution in [1.29, 1.82) is 0 Å². The maximum absolute atomic E-state index is 3.78. The van der Waals surface area contributed by atoms with Gasteiger partial charge in [-0.3, -0.25) is 4.98 Å². The Morgan fingerprint density at radius 3 is 1.50 bits per heavy atom. The van der Waals surface area contributed by atoms with Crippen LogP contribution in [0.4, 0.5) is 0 Å². The molecule has 0 radical (unpaired) electrons. The van der Waals surface area contributed by atoms with Gasteiger partial charge in [0.1, 0.15) is 0 Å². The zero-order valence-corrected chi connectivity index (χ0v) is 5.34. The van der Waals surface area contributed by atoms with E-state index in [4.69, 9.17) is 0 Å². The van der Waals surface area contributed by atoms with Crippen molar-refractivity contribution in [3.63, 3.8) is 0 Å². The number of aromatic nitrogens is 1. The topological polar surface area (TPSA) is 47.9 Å². The van der Waals surface area contributed by atoms with Crippen LogP contribution in [0.15, 0.2) is 30.6 Å². The number of pyridine rings is 1. The number of hydrogen-bond donors (Lipinski definition) is 1. The van der Waals surface area contributed by atoms with E-state index in [0.717, 1.165) is 0 Å². The van der Waals surface area contributed by atoms with Gasteiger partial charge >= 0.3 is 0 Å². The van der Waals surface area contributed by atoms with Gasteiger partial charge in [0.2, 0.25) is 0 Å². The van der Waals surface area contributed by atoms with Crippen LogP contribution in [0, 0.1) is 0 Å². The molecule has 1 rings (SSSR count). The number of rotatable bonds is 0. The molecule has 0 atom stereocenters.